The Morgan fingerprint density at radius 1 is 0.938 bits per heavy atom. The van der Waals surface area contributed by atoms with Crippen molar-refractivity contribution in [1.29, 1.82) is 0 Å². The van der Waals surface area contributed by atoms with Gasteiger partial charge in [0.1, 0.15) is 5.60 Å². The maximum atomic E-state index is 14.6. The molecule has 0 aromatic heterocycles. The van der Waals surface area contributed by atoms with Gasteiger partial charge in [0.2, 0.25) is 35.0 Å². The number of thiol groups is 1. The van der Waals surface area contributed by atoms with Crippen molar-refractivity contribution in [3.63, 3.8) is 0 Å². The summed E-state index contributed by atoms with van der Waals surface area (Å²) in [6.45, 7) is 3.69. The molecule has 2 atom stereocenters. The molecule has 2 heterocycles. The molecule has 9 heteroatoms. The van der Waals surface area contributed by atoms with Crippen LogP contribution >= 0.6 is 12.6 Å². The van der Waals surface area contributed by atoms with Crippen molar-refractivity contribution in [2.24, 2.45) is 0 Å². The highest BCUT2D eigenvalue weighted by Crippen LogP contribution is 2.49. The van der Waals surface area contributed by atoms with Crippen molar-refractivity contribution >= 4 is 18.5 Å². The zero-order valence-electron chi connectivity index (χ0n) is 17.5. The number of carbonyl (C=O) groups is 1. The number of ether oxygens (including phenoxy) is 1. The number of aryl methyl sites for hydroxylation is 2. The van der Waals surface area contributed by atoms with Gasteiger partial charge in [0.25, 0.3) is 0 Å². The lowest BCUT2D eigenvalue weighted by molar-refractivity contribution is -0.137. The first-order chi connectivity index (χ1) is 15.1. The third-order valence-corrected chi connectivity index (χ3v) is 6.66. The zero-order valence-corrected chi connectivity index (χ0v) is 18.4. The van der Waals surface area contributed by atoms with E-state index in [4.69, 9.17) is 4.74 Å². The molecule has 4 rings (SSSR count). The molecule has 2 saturated heterocycles. The van der Waals surface area contributed by atoms with Gasteiger partial charge in [-0.05, 0) is 32.3 Å². The number of fused-ring (bicyclic) bond motifs is 2. The van der Waals surface area contributed by atoms with Crippen LogP contribution in [-0.2, 0) is 10.4 Å². The van der Waals surface area contributed by atoms with Crippen molar-refractivity contribution in [3.05, 3.63) is 64.0 Å². The summed E-state index contributed by atoms with van der Waals surface area (Å²) in [5, 5.41) is 0. The molecule has 2 aliphatic heterocycles. The number of nitrogens with zero attached hydrogens (tertiary/aromatic N) is 1. The van der Waals surface area contributed by atoms with E-state index >= 15 is 0 Å². The summed E-state index contributed by atoms with van der Waals surface area (Å²) in [6.07, 6.45) is 1.62. The molecule has 0 saturated carbocycles. The minimum Gasteiger partial charge on any atom is -0.476 e. The Morgan fingerprint density at radius 3 is 1.88 bits per heavy atom. The van der Waals surface area contributed by atoms with Gasteiger partial charge in [-0.15, -0.1) is 0 Å². The number of amides is 1. The van der Waals surface area contributed by atoms with E-state index < -0.39 is 40.4 Å². The van der Waals surface area contributed by atoms with Gasteiger partial charge in [-0.1, -0.05) is 29.3 Å². The molecule has 32 heavy (non-hydrogen) atoms. The Labute approximate surface area is 188 Å². The molecule has 3 nitrogen and oxygen atoms in total. The fourth-order valence-corrected chi connectivity index (χ4v) is 5.34. The van der Waals surface area contributed by atoms with E-state index in [0.717, 1.165) is 11.1 Å². The van der Waals surface area contributed by atoms with Gasteiger partial charge in [0.15, 0.2) is 5.75 Å². The van der Waals surface area contributed by atoms with E-state index in [1.165, 1.54) is 0 Å². The predicted molar refractivity (Wildman–Crippen MR) is 111 cm³/mol. The minimum atomic E-state index is -2.23. The lowest BCUT2D eigenvalue weighted by atomic mass is 9.79. The molecule has 172 valence electrons. The Morgan fingerprint density at radius 2 is 1.41 bits per heavy atom. The second-order valence-corrected chi connectivity index (χ2v) is 8.94. The van der Waals surface area contributed by atoms with Gasteiger partial charge >= 0.3 is 0 Å². The third kappa shape index (κ3) is 3.64. The van der Waals surface area contributed by atoms with Crippen molar-refractivity contribution in [2.45, 2.75) is 57.2 Å². The lowest BCUT2D eigenvalue weighted by Gasteiger charge is -2.47. The molecular weight excluding hydrogens is 449 g/mol. The standard InChI is InChI=1S/C23H22F5NO2S/c1-11-5-12(2)7-13(6-11)23(8-14-3-4-15(9-23)29(14)16(30)10-32)31-22-20(27)18(25)17(24)19(26)21(22)28/h5-7,14-15,32H,3-4,8-10H2,1-2H3. The van der Waals surface area contributed by atoms with Crippen molar-refractivity contribution in [2.75, 3.05) is 5.75 Å². The van der Waals surface area contributed by atoms with E-state index in [1.54, 1.807) is 17.0 Å². The maximum absolute atomic E-state index is 14.6. The topological polar surface area (TPSA) is 29.5 Å². The summed E-state index contributed by atoms with van der Waals surface area (Å²) < 4.78 is 76.3. The molecule has 1 amide bonds. The molecular formula is C23H22F5NO2S. The number of carbonyl (C=O) groups excluding carboxylic acids is 1. The Balaban J connectivity index is 1.86. The van der Waals surface area contributed by atoms with Crippen LogP contribution in [0.5, 0.6) is 5.75 Å². The van der Waals surface area contributed by atoms with Gasteiger partial charge in [-0.25, -0.2) is 13.2 Å². The zero-order chi connectivity index (χ0) is 23.4. The van der Waals surface area contributed by atoms with Crippen LogP contribution in [0.2, 0.25) is 0 Å². The van der Waals surface area contributed by atoms with Crippen LogP contribution in [0.4, 0.5) is 22.0 Å². The molecule has 2 fully saturated rings. The van der Waals surface area contributed by atoms with Crippen molar-refractivity contribution < 1.29 is 31.5 Å². The van der Waals surface area contributed by atoms with Crippen LogP contribution in [0, 0.1) is 42.9 Å². The largest absolute Gasteiger partial charge is 0.476 e. The third-order valence-electron chi connectivity index (χ3n) is 6.39. The number of hydrogen-bond acceptors (Lipinski definition) is 3. The first-order valence-electron chi connectivity index (χ1n) is 10.3. The number of halogens is 5. The van der Waals surface area contributed by atoms with Crippen LogP contribution < -0.4 is 4.74 Å². The van der Waals surface area contributed by atoms with Crippen LogP contribution in [0.25, 0.3) is 0 Å². The predicted octanol–water partition coefficient (Wildman–Crippen LogP) is 5.36. The number of piperidine rings is 1. The molecule has 2 bridgehead atoms. The highest BCUT2D eigenvalue weighted by atomic mass is 32.1. The molecule has 2 aromatic carbocycles. The fourth-order valence-electron chi connectivity index (χ4n) is 5.18. The van der Waals surface area contributed by atoms with Crippen LogP contribution in [0.1, 0.15) is 42.4 Å². The van der Waals surface area contributed by atoms with Crippen LogP contribution in [-0.4, -0.2) is 28.6 Å². The first kappa shape index (κ1) is 22.9. The summed E-state index contributed by atoms with van der Waals surface area (Å²) in [7, 11) is 0. The van der Waals surface area contributed by atoms with Gasteiger partial charge in [-0.2, -0.15) is 21.4 Å². The fraction of sp³-hybridized carbons (Fsp3) is 0.435. The Hall–Kier alpha value is -2.29. The number of rotatable bonds is 4. The van der Waals surface area contributed by atoms with Crippen molar-refractivity contribution in [3.8, 4) is 5.75 Å². The van der Waals surface area contributed by atoms with Gasteiger partial charge in [0, 0.05) is 24.9 Å². The van der Waals surface area contributed by atoms with Crippen LogP contribution in [0.3, 0.4) is 0 Å². The number of benzene rings is 2. The second-order valence-electron chi connectivity index (χ2n) is 8.62. The normalized spacial score (nSPS) is 24.7. The van der Waals surface area contributed by atoms with E-state index in [-0.39, 0.29) is 36.6 Å². The monoisotopic (exact) mass is 471 g/mol. The molecule has 0 radical (unpaired) electrons. The average Bonchev–Trinajstić information content (AvgIpc) is 3.03. The summed E-state index contributed by atoms with van der Waals surface area (Å²) >= 11 is 4.07. The average molecular weight is 471 g/mol. The SMILES string of the molecule is Cc1cc(C)cc(C2(Oc3c(F)c(F)c(F)c(F)c3F)CC3CCC(C2)N3C(=O)CS)c1. The molecule has 2 aliphatic rings. The minimum absolute atomic E-state index is 0.0159. The van der Waals surface area contributed by atoms with Gasteiger partial charge in [0.05, 0.1) is 5.75 Å². The first-order valence-corrected chi connectivity index (χ1v) is 10.9. The molecule has 0 aliphatic carbocycles. The Bertz CT molecular complexity index is 1030. The molecule has 0 N–H and O–H groups in total. The quantitative estimate of drug-likeness (QED) is 0.282. The van der Waals surface area contributed by atoms with Gasteiger partial charge in [-0.3, -0.25) is 4.79 Å². The van der Waals surface area contributed by atoms with E-state index in [0.29, 0.717) is 18.4 Å². The lowest BCUT2D eigenvalue weighted by Crippen LogP contribution is -2.54. The number of hydrogen-bond donors (Lipinski definition) is 1. The van der Waals surface area contributed by atoms with E-state index in [1.807, 2.05) is 19.9 Å². The van der Waals surface area contributed by atoms with Gasteiger partial charge < -0.3 is 9.64 Å². The Kier molecular flexibility index (Phi) is 5.90. The molecule has 2 unspecified atom stereocenters. The smallest absolute Gasteiger partial charge is 0.232 e. The second kappa shape index (κ2) is 8.24. The summed E-state index contributed by atoms with van der Waals surface area (Å²) in [5.74, 6) is -11.8. The molecule has 2 aromatic rings. The van der Waals surface area contributed by atoms with Crippen LogP contribution in [0.15, 0.2) is 18.2 Å². The highest BCUT2D eigenvalue weighted by Gasteiger charge is 2.53. The van der Waals surface area contributed by atoms with E-state index in [9.17, 15) is 26.7 Å². The maximum Gasteiger partial charge on any atom is 0.232 e. The highest BCUT2D eigenvalue weighted by molar-refractivity contribution is 7.81. The molecule has 0 spiro atoms. The summed E-state index contributed by atoms with van der Waals surface area (Å²) in [5.41, 5.74) is 0.936. The van der Waals surface area contributed by atoms with E-state index in [2.05, 4.69) is 12.6 Å². The summed E-state index contributed by atoms with van der Waals surface area (Å²) in [4.78, 5) is 14.1. The summed E-state index contributed by atoms with van der Waals surface area (Å²) in [6, 6.07) is 4.89. The van der Waals surface area contributed by atoms with Crippen molar-refractivity contribution in [1.82, 2.24) is 4.90 Å².